The van der Waals surface area contributed by atoms with Crippen molar-refractivity contribution < 1.29 is 14.3 Å². The van der Waals surface area contributed by atoms with Gasteiger partial charge in [-0.05, 0) is 25.0 Å². The van der Waals surface area contributed by atoms with E-state index in [0.29, 0.717) is 12.2 Å². The number of carbonyl (C=O) groups excluding carboxylic acids is 1. The van der Waals surface area contributed by atoms with Crippen LogP contribution in [0.15, 0.2) is 30.3 Å². The molecule has 3 heteroatoms. The van der Waals surface area contributed by atoms with E-state index in [1.165, 1.54) is 0 Å². The molecule has 0 aromatic heterocycles. The molecular weight excluding hydrogens is 192 g/mol. The Morgan fingerprint density at radius 2 is 2.07 bits per heavy atom. The minimum atomic E-state index is -0.203. The molecule has 1 aromatic carbocycles. The summed E-state index contributed by atoms with van der Waals surface area (Å²) in [4.78, 5) is 11.3. The Hall–Kier alpha value is -1.35. The Balaban J connectivity index is 2.19. The van der Waals surface area contributed by atoms with Gasteiger partial charge in [-0.25, -0.2) is 0 Å². The van der Waals surface area contributed by atoms with E-state index in [2.05, 4.69) is 0 Å². The summed E-state index contributed by atoms with van der Waals surface area (Å²) in [6.07, 6.45) is 1.93. The van der Waals surface area contributed by atoms with Crippen molar-refractivity contribution >= 4 is 5.97 Å². The number of hydrogen-bond donors (Lipinski definition) is 0. The average Bonchev–Trinajstić information content (AvgIpc) is 2.26. The molecule has 0 atom stereocenters. The molecule has 0 saturated carbocycles. The first-order valence-corrected chi connectivity index (χ1v) is 4.93. The van der Waals surface area contributed by atoms with Gasteiger partial charge in [0, 0.05) is 13.5 Å². The predicted octanol–water partition coefficient (Wildman–Crippen LogP) is 2.57. The molecule has 0 aliphatic heterocycles. The lowest BCUT2D eigenvalue weighted by atomic mass is 10.2. The second-order valence-corrected chi connectivity index (χ2v) is 3.08. The maximum Gasteiger partial charge on any atom is 0.311 e. The average molecular weight is 207 g/mol. The maximum atomic E-state index is 11.3. The van der Waals surface area contributed by atoms with Gasteiger partial charge in [0.15, 0.2) is 0 Å². The molecule has 1 rings (SSSR count). The summed E-state index contributed by atoms with van der Waals surface area (Å²) < 4.78 is 9.87. The number of carbonyl (C=O) groups is 1. The minimum absolute atomic E-state index is 0.203. The highest BCUT2D eigenvalue weighted by Gasteiger charge is 2.03. The van der Waals surface area contributed by atoms with Crippen LogP contribution in [0.3, 0.4) is 0 Å². The summed E-state index contributed by atoms with van der Waals surface area (Å²) in [5.74, 6) is 0.393. The molecule has 0 amide bonds. The first-order chi connectivity index (χ1) is 7.33. The Morgan fingerprint density at radius 1 is 1.33 bits per heavy atom. The van der Waals surface area contributed by atoms with Crippen LogP contribution in [0.4, 0.5) is 0 Å². The van der Waals surface area contributed by atoms with E-state index >= 15 is 0 Å². The fraction of sp³-hybridized carbons (Fsp3) is 0.333. The van der Waals surface area contributed by atoms with E-state index in [1.807, 2.05) is 18.2 Å². The van der Waals surface area contributed by atoms with Gasteiger partial charge in [-0.15, -0.1) is 0 Å². The van der Waals surface area contributed by atoms with Crippen LogP contribution in [0.2, 0.25) is 0 Å². The number of esters is 1. The summed E-state index contributed by atoms with van der Waals surface area (Å²) in [5, 5.41) is 0. The van der Waals surface area contributed by atoms with E-state index in [0.717, 1.165) is 12.8 Å². The molecule has 81 valence electrons. The number of para-hydroxylation sites is 1. The highest BCUT2D eigenvalue weighted by Crippen LogP contribution is 2.10. The Morgan fingerprint density at radius 3 is 2.73 bits per heavy atom. The highest BCUT2D eigenvalue weighted by molar-refractivity contribution is 5.72. The lowest BCUT2D eigenvalue weighted by molar-refractivity contribution is -0.134. The largest absolute Gasteiger partial charge is 0.427 e. The van der Waals surface area contributed by atoms with Gasteiger partial charge >= 0.3 is 5.97 Å². The van der Waals surface area contributed by atoms with Crippen molar-refractivity contribution in [2.24, 2.45) is 0 Å². The number of hydrogen-bond acceptors (Lipinski definition) is 3. The fourth-order valence-corrected chi connectivity index (χ4v) is 1.12. The van der Waals surface area contributed by atoms with E-state index in [4.69, 9.17) is 9.47 Å². The van der Waals surface area contributed by atoms with E-state index in [9.17, 15) is 4.79 Å². The highest BCUT2D eigenvalue weighted by atomic mass is 16.5. The molecule has 0 fully saturated rings. The monoisotopic (exact) mass is 207 g/mol. The van der Waals surface area contributed by atoms with Crippen LogP contribution >= 0.6 is 0 Å². The van der Waals surface area contributed by atoms with Gasteiger partial charge < -0.3 is 9.47 Å². The lowest BCUT2D eigenvalue weighted by Crippen LogP contribution is -2.07. The van der Waals surface area contributed by atoms with Crippen molar-refractivity contribution in [2.75, 3.05) is 7.11 Å². The molecular formula is C12H15O3. The molecule has 0 N–H and O–H groups in total. The summed E-state index contributed by atoms with van der Waals surface area (Å²) in [6, 6.07) is 9.08. The smallest absolute Gasteiger partial charge is 0.311 e. The standard InChI is InChI=1S/C12H15O3/c1-14-10-6-5-9-12(13)15-11-7-3-2-4-8-11/h2-4,7-8,10H,5-6,9H2,1H3. The molecule has 15 heavy (non-hydrogen) atoms. The van der Waals surface area contributed by atoms with Crippen LogP contribution in [0.5, 0.6) is 5.75 Å². The third kappa shape index (κ3) is 5.18. The molecule has 0 heterocycles. The normalized spacial score (nSPS) is 9.93. The van der Waals surface area contributed by atoms with Crippen molar-refractivity contribution in [1.29, 1.82) is 0 Å². The van der Waals surface area contributed by atoms with Crippen LogP contribution in [-0.2, 0) is 9.53 Å². The Kier molecular flexibility index (Phi) is 5.48. The third-order valence-corrected chi connectivity index (χ3v) is 1.84. The quantitative estimate of drug-likeness (QED) is 0.408. The Labute approximate surface area is 90.0 Å². The molecule has 0 bridgehead atoms. The zero-order chi connectivity index (χ0) is 10.9. The fourth-order valence-electron chi connectivity index (χ4n) is 1.12. The van der Waals surface area contributed by atoms with Gasteiger partial charge in [0.25, 0.3) is 0 Å². The first kappa shape index (κ1) is 11.7. The van der Waals surface area contributed by atoms with E-state index in [-0.39, 0.29) is 5.97 Å². The number of rotatable bonds is 6. The molecule has 1 aromatic rings. The van der Waals surface area contributed by atoms with Gasteiger partial charge in [0.1, 0.15) is 5.75 Å². The number of benzene rings is 1. The summed E-state index contributed by atoms with van der Waals surface area (Å²) in [5.41, 5.74) is 0. The summed E-state index contributed by atoms with van der Waals surface area (Å²) in [7, 11) is 1.60. The first-order valence-electron chi connectivity index (χ1n) is 4.93. The summed E-state index contributed by atoms with van der Waals surface area (Å²) >= 11 is 0. The van der Waals surface area contributed by atoms with E-state index in [1.54, 1.807) is 25.8 Å². The second kappa shape index (κ2) is 7.01. The van der Waals surface area contributed by atoms with Crippen LogP contribution in [0.1, 0.15) is 19.3 Å². The van der Waals surface area contributed by atoms with Crippen LogP contribution in [-0.4, -0.2) is 13.1 Å². The number of ether oxygens (including phenoxy) is 2. The van der Waals surface area contributed by atoms with Crippen molar-refractivity contribution in [2.45, 2.75) is 19.3 Å². The van der Waals surface area contributed by atoms with Gasteiger partial charge in [-0.2, -0.15) is 0 Å². The lowest BCUT2D eigenvalue weighted by Gasteiger charge is -2.03. The van der Waals surface area contributed by atoms with E-state index < -0.39 is 0 Å². The van der Waals surface area contributed by atoms with Gasteiger partial charge in [0.05, 0.1) is 6.61 Å². The number of methoxy groups -OCH3 is 1. The molecule has 0 aliphatic carbocycles. The third-order valence-electron chi connectivity index (χ3n) is 1.84. The topological polar surface area (TPSA) is 35.5 Å². The zero-order valence-corrected chi connectivity index (χ0v) is 8.81. The van der Waals surface area contributed by atoms with Crippen molar-refractivity contribution in [3.8, 4) is 5.75 Å². The van der Waals surface area contributed by atoms with Crippen LogP contribution < -0.4 is 4.74 Å². The SMILES string of the molecule is CO[CH]CCCC(=O)Oc1ccccc1. The van der Waals surface area contributed by atoms with Gasteiger partial charge in [0.2, 0.25) is 0 Å². The number of unbranched alkanes of at least 4 members (excludes halogenated alkanes) is 1. The molecule has 0 saturated heterocycles. The van der Waals surface area contributed by atoms with Crippen molar-refractivity contribution in [3.05, 3.63) is 36.9 Å². The maximum absolute atomic E-state index is 11.3. The Bertz CT molecular complexity index is 282. The summed E-state index contributed by atoms with van der Waals surface area (Å²) in [6.45, 7) is 1.68. The van der Waals surface area contributed by atoms with Gasteiger partial charge in [-0.1, -0.05) is 18.2 Å². The minimum Gasteiger partial charge on any atom is -0.427 e. The molecule has 0 aliphatic rings. The second-order valence-electron chi connectivity index (χ2n) is 3.08. The van der Waals surface area contributed by atoms with Crippen molar-refractivity contribution in [3.63, 3.8) is 0 Å². The molecule has 0 spiro atoms. The molecule has 3 nitrogen and oxygen atoms in total. The van der Waals surface area contributed by atoms with Crippen LogP contribution in [0.25, 0.3) is 0 Å². The van der Waals surface area contributed by atoms with Crippen LogP contribution in [0, 0.1) is 6.61 Å². The molecule has 0 unspecified atom stereocenters. The molecule has 1 radical (unpaired) electrons. The predicted molar refractivity (Wildman–Crippen MR) is 57.2 cm³/mol. The van der Waals surface area contributed by atoms with Gasteiger partial charge in [-0.3, -0.25) is 4.79 Å². The zero-order valence-electron chi connectivity index (χ0n) is 8.81. The van der Waals surface area contributed by atoms with Crippen molar-refractivity contribution in [1.82, 2.24) is 0 Å².